The van der Waals surface area contributed by atoms with Crippen molar-refractivity contribution in [2.45, 2.75) is 6.61 Å². The van der Waals surface area contributed by atoms with Gasteiger partial charge in [0, 0.05) is 0 Å². The lowest BCUT2D eigenvalue weighted by Crippen LogP contribution is -1.85. The number of halogens is 1. The van der Waals surface area contributed by atoms with Crippen molar-refractivity contribution in [2.24, 2.45) is 0 Å². The molecule has 53 valence electrons. The summed E-state index contributed by atoms with van der Waals surface area (Å²) in [5.41, 5.74) is 0.801. The minimum absolute atomic E-state index is 0.241. The lowest BCUT2D eigenvalue weighted by molar-refractivity contribution is 0.228. The van der Waals surface area contributed by atoms with E-state index in [4.69, 9.17) is 0 Å². The molecule has 0 aliphatic rings. The molecule has 2 heteroatoms. The van der Waals surface area contributed by atoms with Gasteiger partial charge in [-0.15, -0.1) is 0 Å². The first-order valence-corrected chi connectivity index (χ1v) is 2.94. The number of ether oxygens (including phenoxy) is 1. The van der Waals surface area contributed by atoms with Crippen LogP contribution in [0.4, 0.5) is 4.39 Å². The number of hydrogen-bond donors (Lipinski definition) is 0. The number of benzene rings is 1. The lowest BCUT2D eigenvalue weighted by atomic mass is 10.2. The summed E-state index contributed by atoms with van der Waals surface area (Å²) in [4.78, 5) is 0. The van der Waals surface area contributed by atoms with E-state index in [2.05, 4.69) is 11.8 Å². The first kappa shape index (κ1) is 7.22. The van der Waals surface area contributed by atoms with Crippen molar-refractivity contribution in [3.05, 3.63) is 42.8 Å². The molecule has 0 fully saturated rings. The highest BCUT2D eigenvalue weighted by Gasteiger charge is 1.91. The van der Waals surface area contributed by atoms with E-state index in [0.29, 0.717) is 6.61 Å². The average Bonchev–Trinajstić information content (AvgIpc) is 1.88. The maximum Gasteiger partial charge on any atom is 0.123 e. The van der Waals surface area contributed by atoms with Gasteiger partial charge in [-0.05, 0) is 17.7 Å². The van der Waals surface area contributed by atoms with Gasteiger partial charge in [0.15, 0.2) is 0 Å². The summed E-state index contributed by atoms with van der Waals surface area (Å²) in [6, 6.07) is 6.25. The summed E-state index contributed by atoms with van der Waals surface area (Å²) in [7, 11) is 3.19. The van der Waals surface area contributed by atoms with Crippen LogP contribution in [0.25, 0.3) is 0 Å². The quantitative estimate of drug-likeness (QED) is 0.609. The Kier molecular flexibility index (Phi) is 2.40. The molecular formula is C8H8FO. The number of hydrogen-bond acceptors (Lipinski definition) is 1. The molecule has 0 aliphatic carbocycles. The van der Waals surface area contributed by atoms with E-state index in [0.717, 1.165) is 5.56 Å². The van der Waals surface area contributed by atoms with Gasteiger partial charge >= 0.3 is 0 Å². The fourth-order valence-corrected chi connectivity index (χ4v) is 0.745. The van der Waals surface area contributed by atoms with E-state index in [-0.39, 0.29) is 5.82 Å². The predicted octanol–water partition coefficient (Wildman–Crippen LogP) is 2.13. The normalized spacial score (nSPS) is 9.80. The van der Waals surface area contributed by atoms with Crippen LogP contribution >= 0.6 is 0 Å². The molecule has 1 aromatic carbocycles. The van der Waals surface area contributed by atoms with Gasteiger partial charge in [0.2, 0.25) is 0 Å². The molecule has 1 rings (SSSR count). The molecule has 0 aliphatic heterocycles. The van der Waals surface area contributed by atoms with Gasteiger partial charge < -0.3 is 4.74 Å². The third-order valence-corrected chi connectivity index (χ3v) is 1.16. The van der Waals surface area contributed by atoms with E-state index in [1.165, 1.54) is 12.1 Å². The summed E-state index contributed by atoms with van der Waals surface area (Å²) in [6.07, 6.45) is 0. The third-order valence-electron chi connectivity index (χ3n) is 1.16. The average molecular weight is 139 g/mol. The molecule has 0 saturated carbocycles. The maximum absolute atomic E-state index is 12.4. The number of rotatable bonds is 2. The SMILES string of the molecule is [CH2]OCc1cccc(F)c1. The van der Waals surface area contributed by atoms with Crippen molar-refractivity contribution in [2.75, 3.05) is 0 Å². The summed E-state index contributed by atoms with van der Waals surface area (Å²) >= 11 is 0. The van der Waals surface area contributed by atoms with Crippen LogP contribution in [0, 0.1) is 12.9 Å². The van der Waals surface area contributed by atoms with Crippen molar-refractivity contribution < 1.29 is 9.13 Å². The summed E-state index contributed by atoms with van der Waals surface area (Å²) < 4.78 is 17.0. The van der Waals surface area contributed by atoms with Crippen molar-refractivity contribution in [1.82, 2.24) is 0 Å². The Labute approximate surface area is 59.4 Å². The lowest BCUT2D eigenvalue weighted by Gasteiger charge is -1.96. The van der Waals surface area contributed by atoms with E-state index < -0.39 is 0 Å². The van der Waals surface area contributed by atoms with Gasteiger partial charge in [0.25, 0.3) is 0 Å². The largest absolute Gasteiger partial charge is 0.374 e. The molecule has 0 unspecified atom stereocenters. The highest BCUT2D eigenvalue weighted by atomic mass is 19.1. The van der Waals surface area contributed by atoms with Gasteiger partial charge in [-0.1, -0.05) is 12.1 Å². The first-order chi connectivity index (χ1) is 4.83. The van der Waals surface area contributed by atoms with Gasteiger partial charge in [-0.25, -0.2) is 4.39 Å². The van der Waals surface area contributed by atoms with Gasteiger partial charge in [-0.3, -0.25) is 0 Å². The molecule has 1 aromatic rings. The summed E-state index contributed by atoms with van der Waals surface area (Å²) in [5, 5.41) is 0. The van der Waals surface area contributed by atoms with Crippen LogP contribution in [0.5, 0.6) is 0 Å². The van der Waals surface area contributed by atoms with Crippen molar-refractivity contribution in [1.29, 1.82) is 0 Å². The Morgan fingerprint density at radius 3 is 2.90 bits per heavy atom. The Balaban J connectivity index is 2.75. The van der Waals surface area contributed by atoms with Gasteiger partial charge in [0.1, 0.15) is 5.82 Å². The van der Waals surface area contributed by atoms with E-state index >= 15 is 0 Å². The van der Waals surface area contributed by atoms with Crippen LogP contribution in [0.3, 0.4) is 0 Å². The molecule has 0 spiro atoms. The van der Waals surface area contributed by atoms with Crippen molar-refractivity contribution >= 4 is 0 Å². The van der Waals surface area contributed by atoms with Gasteiger partial charge in [-0.2, -0.15) is 0 Å². The molecule has 1 nitrogen and oxygen atoms in total. The topological polar surface area (TPSA) is 9.23 Å². The predicted molar refractivity (Wildman–Crippen MR) is 36.5 cm³/mol. The maximum atomic E-state index is 12.4. The molecular weight excluding hydrogens is 131 g/mol. The van der Waals surface area contributed by atoms with Crippen LogP contribution in [0.1, 0.15) is 5.56 Å². The molecule has 1 radical (unpaired) electrons. The van der Waals surface area contributed by atoms with Crippen molar-refractivity contribution in [3.63, 3.8) is 0 Å². The summed E-state index contributed by atoms with van der Waals surface area (Å²) in [5.74, 6) is -0.241. The zero-order valence-corrected chi connectivity index (χ0v) is 5.51. The van der Waals surface area contributed by atoms with Crippen LogP contribution in [-0.4, -0.2) is 0 Å². The zero-order chi connectivity index (χ0) is 7.40. The standard InChI is InChI=1S/C8H8FO/c1-10-6-7-3-2-4-8(9)5-7/h2-5H,1,6H2. The van der Waals surface area contributed by atoms with E-state index in [9.17, 15) is 4.39 Å². The van der Waals surface area contributed by atoms with Crippen molar-refractivity contribution in [3.8, 4) is 0 Å². The molecule has 0 amide bonds. The highest BCUT2D eigenvalue weighted by Crippen LogP contribution is 2.03. The first-order valence-electron chi connectivity index (χ1n) is 2.94. The van der Waals surface area contributed by atoms with Crippen LogP contribution in [0.15, 0.2) is 24.3 Å². The molecule has 10 heavy (non-hydrogen) atoms. The molecule has 0 N–H and O–H groups in total. The summed E-state index contributed by atoms with van der Waals surface area (Å²) in [6.45, 7) is 0.359. The molecule has 0 aromatic heterocycles. The van der Waals surface area contributed by atoms with E-state index in [1.807, 2.05) is 0 Å². The third kappa shape index (κ3) is 1.81. The minimum atomic E-state index is -0.241. The molecule has 0 atom stereocenters. The Bertz CT molecular complexity index is 210. The Morgan fingerprint density at radius 2 is 2.30 bits per heavy atom. The molecule has 0 saturated heterocycles. The van der Waals surface area contributed by atoms with Crippen LogP contribution in [0.2, 0.25) is 0 Å². The second-order valence-corrected chi connectivity index (χ2v) is 1.98. The van der Waals surface area contributed by atoms with Crippen LogP contribution in [-0.2, 0) is 11.3 Å². The molecule has 0 heterocycles. The zero-order valence-electron chi connectivity index (χ0n) is 5.51. The Morgan fingerprint density at radius 1 is 1.50 bits per heavy atom. The smallest absolute Gasteiger partial charge is 0.123 e. The Hall–Kier alpha value is -0.890. The fraction of sp³-hybridized carbons (Fsp3) is 0.125. The second-order valence-electron chi connectivity index (χ2n) is 1.98. The minimum Gasteiger partial charge on any atom is -0.374 e. The molecule has 0 bridgehead atoms. The highest BCUT2D eigenvalue weighted by molar-refractivity contribution is 5.15. The van der Waals surface area contributed by atoms with E-state index in [1.54, 1.807) is 12.1 Å². The van der Waals surface area contributed by atoms with Crippen LogP contribution < -0.4 is 0 Å². The monoisotopic (exact) mass is 139 g/mol. The second kappa shape index (κ2) is 3.32. The fourth-order valence-electron chi connectivity index (χ4n) is 0.745. The van der Waals surface area contributed by atoms with Gasteiger partial charge in [0.05, 0.1) is 13.7 Å².